The number of carbonyl (C=O) groups is 1. The second kappa shape index (κ2) is 7.35. The normalized spacial score (nSPS) is 14.5. The second-order valence-electron chi connectivity index (χ2n) is 6.06. The average molecular weight is 349 g/mol. The summed E-state index contributed by atoms with van der Waals surface area (Å²) in [6, 6.07) is 11.3. The molecular formula is C19H19N5O2. The minimum Gasteiger partial charge on any atom is -0.484 e. The molecule has 0 saturated carbocycles. The van der Waals surface area contributed by atoms with Crippen LogP contribution >= 0.6 is 0 Å². The number of aromatic nitrogens is 3. The van der Waals surface area contributed by atoms with Crippen molar-refractivity contribution < 1.29 is 9.53 Å². The number of fused-ring (bicyclic) bond motifs is 1. The SMILES string of the molecule is O=C(COc1ccc2ncccc2c1)N1CCN(c2ncccn2)CC1. The minimum atomic E-state index is -0.00934. The van der Waals surface area contributed by atoms with E-state index in [4.69, 9.17) is 4.74 Å². The van der Waals surface area contributed by atoms with Gasteiger partial charge < -0.3 is 14.5 Å². The minimum absolute atomic E-state index is 0.00934. The second-order valence-corrected chi connectivity index (χ2v) is 6.06. The zero-order valence-corrected chi connectivity index (χ0v) is 14.3. The first-order chi connectivity index (χ1) is 12.8. The Balaban J connectivity index is 1.31. The summed E-state index contributed by atoms with van der Waals surface area (Å²) in [5, 5.41) is 0.994. The van der Waals surface area contributed by atoms with Crippen LogP contribution in [0.1, 0.15) is 0 Å². The van der Waals surface area contributed by atoms with E-state index in [1.165, 1.54) is 0 Å². The molecule has 1 fully saturated rings. The van der Waals surface area contributed by atoms with Crippen LogP contribution in [0.3, 0.4) is 0 Å². The van der Waals surface area contributed by atoms with Crippen LogP contribution in [0.15, 0.2) is 55.0 Å². The third kappa shape index (κ3) is 3.56. The topological polar surface area (TPSA) is 71.5 Å². The number of pyridine rings is 1. The van der Waals surface area contributed by atoms with E-state index in [1.807, 2.05) is 35.2 Å². The number of piperazine rings is 1. The number of benzene rings is 1. The smallest absolute Gasteiger partial charge is 0.260 e. The van der Waals surface area contributed by atoms with E-state index in [0.29, 0.717) is 24.8 Å². The van der Waals surface area contributed by atoms with Crippen LogP contribution < -0.4 is 9.64 Å². The third-order valence-electron chi connectivity index (χ3n) is 4.40. The zero-order valence-electron chi connectivity index (χ0n) is 14.3. The first-order valence-electron chi connectivity index (χ1n) is 8.57. The fraction of sp³-hybridized carbons (Fsp3) is 0.263. The number of amides is 1. The summed E-state index contributed by atoms with van der Waals surface area (Å²) < 4.78 is 5.68. The molecule has 7 heteroatoms. The summed E-state index contributed by atoms with van der Waals surface area (Å²) >= 11 is 0. The Morgan fingerprint density at radius 3 is 2.54 bits per heavy atom. The monoisotopic (exact) mass is 349 g/mol. The fourth-order valence-corrected chi connectivity index (χ4v) is 2.99. The average Bonchev–Trinajstić information content (AvgIpc) is 2.72. The number of carbonyl (C=O) groups excluding carboxylic acids is 1. The van der Waals surface area contributed by atoms with Gasteiger partial charge >= 0.3 is 0 Å². The maximum Gasteiger partial charge on any atom is 0.260 e. The van der Waals surface area contributed by atoms with E-state index in [2.05, 4.69) is 19.9 Å². The Bertz CT molecular complexity index is 895. The summed E-state index contributed by atoms with van der Waals surface area (Å²) in [5.74, 6) is 1.38. The van der Waals surface area contributed by atoms with Gasteiger partial charge in [0.2, 0.25) is 5.95 Å². The molecule has 0 spiro atoms. The molecule has 0 bridgehead atoms. The first kappa shape index (κ1) is 16.3. The maximum atomic E-state index is 12.4. The molecule has 1 aromatic carbocycles. The number of ether oxygens (including phenoxy) is 1. The van der Waals surface area contributed by atoms with Gasteiger partial charge in [0.05, 0.1) is 5.52 Å². The van der Waals surface area contributed by atoms with Crippen LogP contribution in [0.5, 0.6) is 5.75 Å². The molecule has 2 aromatic heterocycles. The van der Waals surface area contributed by atoms with Gasteiger partial charge in [-0.05, 0) is 30.3 Å². The van der Waals surface area contributed by atoms with Gasteiger partial charge in [-0.25, -0.2) is 9.97 Å². The van der Waals surface area contributed by atoms with Crippen LogP contribution in [-0.4, -0.2) is 58.5 Å². The van der Waals surface area contributed by atoms with Gasteiger partial charge in [0, 0.05) is 50.2 Å². The maximum absolute atomic E-state index is 12.4. The molecule has 0 atom stereocenters. The van der Waals surface area contributed by atoms with E-state index in [-0.39, 0.29) is 12.5 Å². The van der Waals surface area contributed by atoms with Crippen LogP contribution in [0.4, 0.5) is 5.95 Å². The van der Waals surface area contributed by atoms with Crippen molar-refractivity contribution in [2.24, 2.45) is 0 Å². The quantitative estimate of drug-likeness (QED) is 0.715. The number of anilines is 1. The highest BCUT2D eigenvalue weighted by Crippen LogP contribution is 2.19. The van der Waals surface area contributed by atoms with Gasteiger partial charge in [-0.2, -0.15) is 0 Å². The van der Waals surface area contributed by atoms with Gasteiger partial charge in [0.15, 0.2) is 6.61 Å². The number of nitrogens with zero attached hydrogens (tertiary/aromatic N) is 5. The molecule has 26 heavy (non-hydrogen) atoms. The van der Waals surface area contributed by atoms with Crippen molar-refractivity contribution in [3.8, 4) is 5.75 Å². The Labute approximate surface area is 151 Å². The summed E-state index contributed by atoms with van der Waals surface area (Å²) in [5.41, 5.74) is 0.908. The van der Waals surface area contributed by atoms with Gasteiger partial charge in [0.25, 0.3) is 5.91 Å². The molecule has 1 aliphatic heterocycles. The van der Waals surface area contributed by atoms with Crippen molar-refractivity contribution >= 4 is 22.8 Å². The van der Waals surface area contributed by atoms with Crippen molar-refractivity contribution in [2.45, 2.75) is 0 Å². The van der Waals surface area contributed by atoms with Crippen molar-refractivity contribution in [3.63, 3.8) is 0 Å². The Morgan fingerprint density at radius 2 is 1.73 bits per heavy atom. The lowest BCUT2D eigenvalue weighted by atomic mass is 10.2. The molecule has 0 N–H and O–H groups in total. The fourth-order valence-electron chi connectivity index (χ4n) is 2.99. The van der Waals surface area contributed by atoms with Gasteiger partial charge in [-0.1, -0.05) is 6.07 Å². The lowest BCUT2D eigenvalue weighted by Gasteiger charge is -2.34. The number of hydrogen-bond donors (Lipinski definition) is 0. The Morgan fingerprint density at radius 1 is 0.962 bits per heavy atom. The molecule has 4 rings (SSSR count). The van der Waals surface area contributed by atoms with Crippen molar-refractivity contribution in [1.82, 2.24) is 19.9 Å². The van der Waals surface area contributed by atoms with E-state index < -0.39 is 0 Å². The highest BCUT2D eigenvalue weighted by atomic mass is 16.5. The van der Waals surface area contributed by atoms with Crippen LogP contribution in [0.2, 0.25) is 0 Å². The van der Waals surface area contributed by atoms with Gasteiger partial charge in [-0.15, -0.1) is 0 Å². The van der Waals surface area contributed by atoms with Crippen molar-refractivity contribution in [1.29, 1.82) is 0 Å². The summed E-state index contributed by atoms with van der Waals surface area (Å²) in [7, 11) is 0. The Hall–Kier alpha value is -3.22. The lowest BCUT2D eigenvalue weighted by Crippen LogP contribution is -2.50. The van der Waals surface area contributed by atoms with E-state index in [9.17, 15) is 4.79 Å². The van der Waals surface area contributed by atoms with E-state index in [0.717, 1.165) is 24.0 Å². The molecule has 3 aromatic rings. The first-order valence-corrected chi connectivity index (χ1v) is 8.57. The molecule has 7 nitrogen and oxygen atoms in total. The highest BCUT2D eigenvalue weighted by Gasteiger charge is 2.22. The molecule has 1 saturated heterocycles. The summed E-state index contributed by atoms with van der Waals surface area (Å²) in [6.45, 7) is 2.76. The highest BCUT2D eigenvalue weighted by molar-refractivity contribution is 5.80. The molecule has 132 valence electrons. The van der Waals surface area contributed by atoms with Crippen molar-refractivity contribution in [2.75, 3.05) is 37.7 Å². The number of rotatable bonds is 4. The predicted octanol–water partition coefficient (Wildman–Crippen LogP) is 1.75. The third-order valence-corrected chi connectivity index (χ3v) is 4.40. The molecule has 3 heterocycles. The largest absolute Gasteiger partial charge is 0.484 e. The molecule has 1 amide bonds. The molecule has 0 aliphatic carbocycles. The molecule has 1 aliphatic rings. The Kier molecular flexibility index (Phi) is 4.59. The van der Waals surface area contributed by atoms with E-state index in [1.54, 1.807) is 24.7 Å². The zero-order chi connectivity index (χ0) is 17.8. The van der Waals surface area contributed by atoms with Gasteiger partial charge in [0.1, 0.15) is 5.75 Å². The summed E-state index contributed by atoms with van der Waals surface area (Å²) in [6.07, 6.45) is 5.21. The lowest BCUT2D eigenvalue weighted by molar-refractivity contribution is -0.133. The summed E-state index contributed by atoms with van der Waals surface area (Å²) in [4.78, 5) is 29.1. The van der Waals surface area contributed by atoms with Crippen LogP contribution in [0, 0.1) is 0 Å². The predicted molar refractivity (Wildman–Crippen MR) is 98.1 cm³/mol. The standard InChI is InChI=1S/C19H19N5O2/c25-18(14-26-16-4-5-17-15(13-16)3-1-6-20-17)23-9-11-24(12-10-23)19-21-7-2-8-22-19/h1-8,13H,9-12,14H2. The molecular weight excluding hydrogens is 330 g/mol. The van der Waals surface area contributed by atoms with Crippen LogP contribution in [-0.2, 0) is 4.79 Å². The number of hydrogen-bond acceptors (Lipinski definition) is 6. The van der Waals surface area contributed by atoms with Crippen molar-refractivity contribution in [3.05, 3.63) is 55.0 Å². The van der Waals surface area contributed by atoms with Gasteiger partial charge in [-0.3, -0.25) is 9.78 Å². The molecule has 0 unspecified atom stereocenters. The van der Waals surface area contributed by atoms with Crippen LogP contribution in [0.25, 0.3) is 10.9 Å². The molecule has 0 radical (unpaired) electrons. The van der Waals surface area contributed by atoms with E-state index >= 15 is 0 Å².